The van der Waals surface area contributed by atoms with E-state index in [1.807, 2.05) is 0 Å². The van der Waals surface area contributed by atoms with Crippen molar-refractivity contribution in [3.05, 3.63) is 0 Å². The second-order valence-corrected chi connectivity index (χ2v) is 6.87. The van der Waals surface area contributed by atoms with Gasteiger partial charge in [0.05, 0.1) is 12.5 Å². The van der Waals surface area contributed by atoms with Gasteiger partial charge in [-0.3, -0.25) is 14.5 Å². The van der Waals surface area contributed by atoms with E-state index >= 15 is 0 Å². The summed E-state index contributed by atoms with van der Waals surface area (Å²) in [5.74, 6) is -1.04. The third-order valence-electron chi connectivity index (χ3n) is 4.73. The van der Waals surface area contributed by atoms with Gasteiger partial charge in [-0.1, -0.05) is 0 Å². The van der Waals surface area contributed by atoms with Crippen LogP contribution in [0.3, 0.4) is 0 Å². The number of carboxylic acids is 1. The minimum Gasteiger partial charge on any atom is -0.481 e. The second kappa shape index (κ2) is 5.35. The molecule has 2 fully saturated rings. The summed E-state index contributed by atoms with van der Waals surface area (Å²) in [5, 5.41) is 9.34. The minimum absolute atomic E-state index is 0.0705. The highest BCUT2D eigenvalue weighted by molar-refractivity contribution is 5.78. The van der Waals surface area contributed by atoms with E-state index in [0.29, 0.717) is 19.6 Å². The van der Waals surface area contributed by atoms with Crippen LogP contribution in [0, 0.1) is 17.8 Å². The topological polar surface area (TPSA) is 66.8 Å². The molecule has 0 bridgehead atoms. The lowest BCUT2D eigenvalue weighted by molar-refractivity contribution is -0.152. The van der Waals surface area contributed by atoms with Gasteiger partial charge >= 0.3 is 11.9 Å². The highest BCUT2D eigenvalue weighted by Gasteiger charge is 2.56. The number of esters is 1. The molecule has 0 aromatic heterocycles. The lowest BCUT2D eigenvalue weighted by atomic mass is 9.89. The highest BCUT2D eigenvalue weighted by atomic mass is 16.5. The molecule has 1 heterocycles. The highest BCUT2D eigenvalue weighted by Crippen LogP contribution is 2.48. The normalized spacial score (nSPS) is 34.0. The first kappa shape index (κ1) is 15.3. The number of likely N-dealkylation sites (tertiary alicyclic amines) is 1. The van der Waals surface area contributed by atoms with E-state index < -0.39 is 5.97 Å². The molecule has 0 spiro atoms. The number of aliphatic carboxylic acids is 1. The number of carboxylic acid groups (broad SMARTS) is 1. The first-order chi connectivity index (χ1) is 9.27. The van der Waals surface area contributed by atoms with Crippen LogP contribution in [0.25, 0.3) is 0 Å². The molecule has 4 unspecified atom stereocenters. The number of hydrogen-bond donors (Lipinski definition) is 1. The van der Waals surface area contributed by atoms with Crippen LogP contribution in [-0.4, -0.2) is 46.7 Å². The molecule has 0 radical (unpaired) electrons. The predicted octanol–water partition coefficient (Wildman–Crippen LogP) is 1.76. The summed E-state index contributed by atoms with van der Waals surface area (Å²) in [6, 6.07) is -0.288. The summed E-state index contributed by atoms with van der Waals surface area (Å²) < 4.78 is 5.23. The molecule has 1 aliphatic heterocycles. The Bertz CT molecular complexity index is 401. The Labute approximate surface area is 120 Å². The Hall–Kier alpha value is -1.10. The third kappa shape index (κ3) is 2.55. The van der Waals surface area contributed by atoms with Crippen molar-refractivity contribution in [1.82, 2.24) is 4.90 Å². The van der Waals surface area contributed by atoms with E-state index in [0.717, 1.165) is 6.42 Å². The molecule has 5 heteroatoms. The van der Waals surface area contributed by atoms with Crippen LogP contribution in [0.2, 0.25) is 0 Å². The fraction of sp³-hybridized carbons (Fsp3) is 0.867. The molecule has 114 valence electrons. The number of rotatable bonds is 3. The largest absolute Gasteiger partial charge is 0.481 e. The molecular formula is C15H25NO4. The third-order valence-corrected chi connectivity index (χ3v) is 4.73. The summed E-state index contributed by atoms with van der Waals surface area (Å²) in [6.45, 7) is 9.05. The zero-order valence-electron chi connectivity index (χ0n) is 12.8. The van der Waals surface area contributed by atoms with Gasteiger partial charge in [0.25, 0.3) is 0 Å². The van der Waals surface area contributed by atoms with Crippen molar-refractivity contribution >= 4 is 11.9 Å². The van der Waals surface area contributed by atoms with Gasteiger partial charge in [0, 0.05) is 12.1 Å². The van der Waals surface area contributed by atoms with E-state index in [-0.39, 0.29) is 35.3 Å². The molecule has 1 saturated heterocycles. The molecular weight excluding hydrogens is 258 g/mol. The molecule has 0 aromatic rings. The van der Waals surface area contributed by atoms with E-state index in [4.69, 9.17) is 4.74 Å². The first-order valence-corrected chi connectivity index (χ1v) is 7.43. The Kier molecular flexibility index (Phi) is 4.09. The molecule has 2 aliphatic rings. The van der Waals surface area contributed by atoms with Crippen LogP contribution in [-0.2, 0) is 14.3 Å². The molecule has 5 nitrogen and oxygen atoms in total. The van der Waals surface area contributed by atoms with Crippen molar-refractivity contribution < 1.29 is 19.4 Å². The van der Waals surface area contributed by atoms with Crippen LogP contribution in [0.4, 0.5) is 0 Å². The lowest BCUT2D eigenvalue weighted by Gasteiger charge is -2.37. The maximum Gasteiger partial charge on any atom is 0.323 e. The summed E-state index contributed by atoms with van der Waals surface area (Å²) in [6.07, 6.45) is 1.48. The molecule has 20 heavy (non-hydrogen) atoms. The Morgan fingerprint density at radius 2 is 1.90 bits per heavy atom. The smallest absolute Gasteiger partial charge is 0.323 e. The predicted molar refractivity (Wildman–Crippen MR) is 74.2 cm³/mol. The van der Waals surface area contributed by atoms with Crippen molar-refractivity contribution in [3.8, 4) is 0 Å². The molecule has 1 saturated carbocycles. The monoisotopic (exact) mass is 283 g/mol. The number of carbonyl (C=O) groups excluding carboxylic acids is 1. The summed E-state index contributed by atoms with van der Waals surface area (Å²) in [7, 11) is 0. The quantitative estimate of drug-likeness (QED) is 0.799. The van der Waals surface area contributed by atoms with Gasteiger partial charge in [0.15, 0.2) is 0 Å². The zero-order valence-corrected chi connectivity index (χ0v) is 12.8. The molecule has 2 rings (SSSR count). The van der Waals surface area contributed by atoms with Crippen molar-refractivity contribution in [1.29, 1.82) is 0 Å². The molecule has 0 aromatic carbocycles. The van der Waals surface area contributed by atoms with Gasteiger partial charge in [-0.25, -0.2) is 0 Å². The fourth-order valence-corrected chi connectivity index (χ4v) is 3.85. The Morgan fingerprint density at radius 3 is 2.40 bits per heavy atom. The lowest BCUT2D eigenvalue weighted by Crippen LogP contribution is -2.50. The van der Waals surface area contributed by atoms with Crippen LogP contribution >= 0.6 is 0 Å². The SMILES string of the molecule is CCOC(=O)C1C2CCC(C(=O)O)C2CN1C(C)(C)C. The van der Waals surface area contributed by atoms with Crippen LogP contribution in [0.15, 0.2) is 0 Å². The van der Waals surface area contributed by atoms with Crippen molar-refractivity contribution in [2.45, 2.75) is 52.1 Å². The molecule has 1 N–H and O–H groups in total. The van der Waals surface area contributed by atoms with Gasteiger partial charge in [0.1, 0.15) is 6.04 Å². The van der Waals surface area contributed by atoms with Crippen molar-refractivity contribution in [2.24, 2.45) is 17.8 Å². The number of ether oxygens (including phenoxy) is 1. The maximum atomic E-state index is 12.3. The van der Waals surface area contributed by atoms with Gasteiger partial charge in [0.2, 0.25) is 0 Å². The fourth-order valence-electron chi connectivity index (χ4n) is 3.85. The summed E-state index contributed by atoms with van der Waals surface area (Å²) in [4.78, 5) is 25.8. The molecule has 0 amide bonds. The summed E-state index contributed by atoms with van der Waals surface area (Å²) >= 11 is 0. The van der Waals surface area contributed by atoms with Gasteiger partial charge in [-0.15, -0.1) is 0 Å². The Balaban J connectivity index is 2.26. The van der Waals surface area contributed by atoms with E-state index in [1.54, 1.807) is 6.92 Å². The second-order valence-electron chi connectivity index (χ2n) is 6.87. The first-order valence-electron chi connectivity index (χ1n) is 7.43. The van der Waals surface area contributed by atoms with Crippen molar-refractivity contribution in [3.63, 3.8) is 0 Å². The molecule has 4 atom stereocenters. The van der Waals surface area contributed by atoms with E-state index in [9.17, 15) is 14.7 Å². The minimum atomic E-state index is -0.726. The number of hydrogen-bond acceptors (Lipinski definition) is 4. The number of fused-ring (bicyclic) bond motifs is 1. The summed E-state index contributed by atoms with van der Waals surface area (Å²) in [5.41, 5.74) is -0.162. The van der Waals surface area contributed by atoms with Gasteiger partial charge in [-0.2, -0.15) is 0 Å². The number of carbonyl (C=O) groups is 2. The Morgan fingerprint density at radius 1 is 1.25 bits per heavy atom. The van der Waals surface area contributed by atoms with Crippen LogP contribution < -0.4 is 0 Å². The van der Waals surface area contributed by atoms with E-state index in [2.05, 4.69) is 25.7 Å². The number of nitrogens with zero attached hydrogens (tertiary/aromatic N) is 1. The van der Waals surface area contributed by atoms with Crippen LogP contribution in [0.1, 0.15) is 40.5 Å². The van der Waals surface area contributed by atoms with Gasteiger partial charge in [-0.05, 0) is 52.4 Å². The maximum absolute atomic E-state index is 12.3. The van der Waals surface area contributed by atoms with Gasteiger partial charge < -0.3 is 9.84 Å². The van der Waals surface area contributed by atoms with Crippen LogP contribution in [0.5, 0.6) is 0 Å². The standard InChI is InChI=1S/C15H25NO4/c1-5-20-14(19)12-9-6-7-10(13(17)18)11(9)8-16(12)15(2,3)4/h9-12H,5-8H2,1-4H3,(H,17,18). The van der Waals surface area contributed by atoms with E-state index in [1.165, 1.54) is 0 Å². The average molecular weight is 283 g/mol. The molecule has 1 aliphatic carbocycles. The zero-order chi connectivity index (χ0) is 15.1. The average Bonchev–Trinajstić information content (AvgIpc) is 2.84. The van der Waals surface area contributed by atoms with Crippen molar-refractivity contribution in [2.75, 3.05) is 13.2 Å².